The number of nitrogens with one attached hydrogen (secondary N) is 1. The lowest BCUT2D eigenvalue weighted by atomic mass is 10.2. The fourth-order valence-corrected chi connectivity index (χ4v) is 2.95. The van der Waals surface area contributed by atoms with Crippen LogP contribution in [0.25, 0.3) is 0 Å². The van der Waals surface area contributed by atoms with Gasteiger partial charge in [-0.25, -0.2) is 4.98 Å². The summed E-state index contributed by atoms with van der Waals surface area (Å²) in [6, 6.07) is 8.32. The topological polar surface area (TPSA) is 40.5 Å². The van der Waals surface area contributed by atoms with Gasteiger partial charge in [0.2, 0.25) is 0 Å². The minimum atomic E-state index is 0. The molecule has 0 saturated heterocycles. The molecule has 0 aliphatic heterocycles. The predicted molar refractivity (Wildman–Crippen MR) is 108 cm³/mol. The second kappa shape index (κ2) is 9.46. The summed E-state index contributed by atoms with van der Waals surface area (Å²) >= 11 is 5.16. The second-order valence-corrected chi connectivity index (χ2v) is 6.98. The molecule has 22 heavy (non-hydrogen) atoms. The van der Waals surface area contributed by atoms with Crippen molar-refractivity contribution in [2.24, 2.45) is 4.99 Å². The molecule has 0 unspecified atom stereocenters. The molecule has 0 amide bonds. The number of hydrogen-bond acceptors (Lipinski definition) is 3. The van der Waals surface area contributed by atoms with Crippen LogP contribution in [0.5, 0.6) is 0 Å². The summed E-state index contributed by atoms with van der Waals surface area (Å²) in [5.74, 6) is 0.866. The zero-order valence-electron chi connectivity index (χ0n) is 12.8. The summed E-state index contributed by atoms with van der Waals surface area (Å²) in [4.78, 5) is 12.0. The zero-order valence-corrected chi connectivity index (χ0v) is 17.6. The molecule has 2 aromatic rings. The number of hydrogen-bond donors (Lipinski definition) is 1. The third-order valence-electron chi connectivity index (χ3n) is 2.97. The molecule has 0 radical (unpaired) electrons. The maximum absolute atomic E-state index is 4.35. The van der Waals surface area contributed by atoms with Gasteiger partial charge in [-0.2, -0.15) is 0 Å². The average molecular weight is 495 g/mol. The zero-order chi connectivity index (χ0) is 15.2. The first-order valence-electron chi connectivity index (χ1n) is 6.66. The molecule has 0 atom stereocenters. The molecule has 2 rings (SSSR count). The van der Waals surface area contributed by atoms with E-state index < -0.39 is 0 Å². The number of aryl methyl sites for hydroxylation is 1. The first-order chi connectivity index (χ1) is 10.1. The highest BCUT2D eigenvalue weighted by Gasteiger charge is 2.07. The fourth-order valence-electron chi connectivity index (χ4n) is 1.96. The van der Waals surface area contributed by atoms with Gasteiger partial charge in [-0.05, 0) is 24.6 Å². The summed E-state index contributed by atoms with van der Waals surface area (Å²) in [5, 5.41) is 4.42. The van der Waals surface area contributed by atoms with Crippen LogP contribution in [0.1, 0.15) is 15.4 Å². The Morgan fingerprint density at radius 1 is 1.36 bits per heavy atom. The maximum Gasteiger partial charge on any atom is 0.194 e. The third-order valence-corrected chi connectivity index (χ3v) is 4.41. The van der Waals surface area contributed by atoms with Crippen LogP contribution in [0.3, 0.4) is 0 Å². The Kier molecular flexibility index (Phi) is 8.34. The van der Waals surface area contributed by atoms with Gasteiger partial charge in [-0.3, -0.25) is 4.99 Å². The van der Waals surface area contributed by atoms with Crippen molar-refractivity contribution < 1.29 is 0 Å². The van der Waals surface area contributed by atoms with Crippen molar-refractivity contribution in [3.63, 3.8) is 0 Å². The molecule has 1 N–H and O–H groups in total. The number of thiazole rings is 1. The molecule has 0 aliphatic rings. The molecule has 0 spiro atoms. The van der Waals surface area contributed by atoms with Gasteiger partial charge >= 0.3 is 0 Å². The predicted octanol–water partition coefficient (Wildman–Crippen LogP) is 4.04. The smallest absolute Gasteiger partial charge is 0.194 e. The average Bonchev–Trinajstić information content (AvgIpc) is 2.88. The number of rotatable bonds is 4. The fraction of sp³-hybridized carbons (Fsp3) is 0.333. The van der Waals surface area contributed by atoms with E-state index in [4.69, 9.17) is 0 Å². The largest absolute Gasteiger partial charge is 0.350 e. The number of guanidine groups is 1. The quantitative estimate of drug-likeness (QED) is 0.396. The first kappa shape index (κ1) is 19.4. The van der Waals surface area contributed by atoms with Crippen molar-refractivity contribution in [2.45, 2.75) is 20.0 Å². The number of aromatic nitrogens is 1. The monoisotopic (exact) mass is 494 g/mol. The Balaban J connectivity index is 0.00000242. The van der Waals surface area contributed by atoms with Gasteiger partial charge in [0.25, 0.3) is 0 Å². The molecular weight excluding hydrogens is 475 g/mol. The molecule has 4 nitrogen and oxygen atoms in total. The molecule has 0 bridgehead atoms. The van der Waals surface area contributed by atoms with Crippen LogP contribution < -0.4 is 5.32 Å². The molecule has 1 aromatic heterocycles. The highest BCUT2D eigenvalue weighted by Crippen LogP contribution is 2.13. The minimum Gasteiger partial charge on any atom is -0.350 e. The second-order valence-electron chi connectivity index (χ2n) is 4.75. The normalized spacial score (nSPS) is 11.0. The highest BCUT2D eigenvalue weighted by atomic mass is 127. The third kappa shape index (κ3) is 5.85. The van der Waals surface area contributed by atoms with E-state index in [9.17, 15) is 0 Å². The SMILES string of the molecule is CN=C(NCc1ncc(C)s1)N(C)Cc1ccc(Br)cc1.I. The summed E-state index contributed by atoms with van der Waals surface area (Å²) in [7, 11) is 3.83. The van der Waals surface area contributed by atoms with Gasteiger partial charge in [0, 0.05) is 36.2 Å². The molecular formula is C15H20BrIN4S. The van der Waals surface area contributed by atoms with Gasteiger partial charge in [0.05, 0.1) is 6.54 Å². The maximum atomic E-state index is 4.35. The van der Waals surface area contributed by atoms with Crippen molar-refractivity contribution in [2.75, 3.05) is 14.1 Å². The summed E-state index contributed by atoms with van der Waals surface area (Å²) in [6.45, 7) is 3.58. The van der Waals surface area contributed by atoms with Crippen LogP contribution in [-0.4, -0.2) is 29.9 Å². The van der Waals surface area contributed by atoms with Crippen molar-refractivity contribution in [1.29, 1.82) is 0 Å². The van der Waals surface area contributed by atoms with Gasteiger partial charge in [-0.15, -0.1) is 35.3 Å². The minimum absolute atomic E-state index is 0. The molecule has 120 valence electrons. The molecule has 7 heteroatoms. The van der Waals surface area contributed by atoms with Crippen LogP contribution in [0.4, 0.5) is 0 Å². The molecule has 0 fully saturated rings. The van der Waals surface area contributed by atoms with E-state index in [1.807, 2.05) is 13.2 Å². The van der Waals surface area contributed by atoms with Crippen LogP contribution in [0.15, 0.2) is 39.9 Å². The summed E-state index contributed by atoms with van der Waals surface area (Å²) < 4.78 is 1.09. The molecule has 1 aromatic carbocycles. The van der Waals surface area contributed by atoms with E-state index in [0.717, 1.165) is 22.0 Å². The van der Waals surface area contributed by atoms with Crippen molar-refractivity contribution in [3.05, 3.63) is 50.4 Å². The van der Waals surface area contributed by atoms with Crippen LogP contribution >= 0.6 is 51.2 Å². The summed E-state index contributed by atoms with van der Waals surface area (Å²) in [6.07, 6.45) is 1.90. The molecule has 1 heterocycles. The van der Waals surface area contributed by atoms with E-state index in [1.165, 1.54) is 10.4 Å². The number of halogens is 2. The van der Waals surface area contributed by atoms with Gasteiger partial charge in [0.1, 0.15) is 5.01 Å². The van der Waals surface area contributed by atoms with E-state index in [0.29, 0.717) is 6.54 Å². The van der Waals surface area contributed by atoms with Crippen molar-refractivity contribution >= 4 is 57.2 Å². The van der Waals surface area contributed by atoms with E-state index in [-0.39, 0.29) is 24.0 Å². The Bertz CT molecular complexity index is 612. The van der Waals surface area contributed by atoms with Crippen molar-refractivity contribution in [3.8, 4) is 0 Å². The Labute approximate surface area is 161 Å². The lowest BCUT2D eigenvalue weighted by Crippen LogP contribution is -2.38. The Hall–Kier alpha value is -0.670. The lowest BCUT2D eigenvalue weighted by molar-refractivity contribution is 0.476. The van der Waals surface area contributed by atoms with E-state index in [1.54, 1.807) is 18.4 Å². The standard InChI is InChI=1S/C15H19BrN4S.HI/c1-11-8-18-14(21-11)9-19-15(17-2)20(3)10-12-4-6-13(16)7-5-12;/h4-8H,9-10H2,1-3H3,(H,17,19);1H. The van der Waals surface area contributed by atoms with Gasteiger partial charge < -0.3 is 10.2 Å². The van der Waals surface area contributed by atoms with Gasteiger partial charge in [0.15, 0.2) is 5.96 Å². The molecule has 0 saturated carbocycles. The van der Waals surface area contributed by atoms with Gasteiger partial charge in [-0.1, -0.05) is 28.1 Å². The van der Waals surface area contributed by atoms with E-state index >= 15 is 0 Å². The van der Waals surface area contributed by atoms with Crippen LogP contribution in [-0.2, 0) is 13.1 Å². The summed E-state index contributed by atoms with van der Waals surface area (Å²) in [5.41, 5.74) is 1.24. The number of benzene rings is 1. The highest BCUT2D eigenvalue weighted by molar-refractivity contribution is 14.0. The Morgan fingerprint density at radius 2 is 2.05 bits per heavy atom. The first-order valence-corrected chi connectivity index (χ1v) is 8.27. The molecule has 0 aliphatic carbocycles. The number of aliphatic imine (C=N–C) groups is 1. The number of nitrogens with zero attached hydrogens (tertiary/aromatic N) is 3. The van der Waals surface area contributed by atoms with Crippen LogP contribution in [0.2, 0.25) is 0 Å². The Morgan fingerprint density at radius 3 is 2.59 bits per heavy atom. The lowest BCUT2D eigenvalue weighted by Gasteiger charge is -2.21. The van der Waals surface area contributed by atoms with Crippen LogP contribution in [0, 0.1) is 6.92 Å². The van der Waals surface area contributed by atoms with Crippen molar-refractivity contribution in [1.82, 2.24) is 15.2 Å². The van der Waals surface area contributed by atoms with E-state index in [2.05, 4.69) is 67.3 Å².